The van der Waals surface area contributed by atoms with Crippen LogP contribution < -0.4 is 10.6 Å². The van der Waals surface area contributed by atoms with Gasteiger partial charge in [0.2, 0.25) is 5.76 Å². The Morgan fingerprint density at radius 1 is 1.15 bits per heavy atom. The van der Waals surface area contributed by atoms with Gasteiger partial charge >= 0.3 is 12.0 Å². The molecular weight excluding hydrogens is 364 g/mol. The molecule has 0 radical (unpaired) electrons. The van der Waals surface area contributed by atoms with Crippen molar-refractivity contribution in [2.45, 2.75) is 6.54 Å². The summed E-state index contributed by atoms with van der Waals surface area (Å²) in [5.41, 5.74) is 0.461. The molecule has 0 saturated carbocycles. The quantitative estimate of drug-likeness (QED) is 0.662. The molecule has 0 unspecified atom stereocenters. The van der Waals surface area contributed by atoms with Gasteiger partial charge in [-0.25, -0.2) is 9.59 Å². The molecule has 0 aliphatic rings. The number of amides is 3. The summed E-state index contributed by atoms with van der Waals surface area (Å²) in [6.45, 7) is -0.516. The van der Waals surface area contributed by atoms with Crippen LogP contribution in [0.25, 0.3) is 11.0 Å². The molecule has 0 aliphatic carbocycles. The molecule has 0 fully saturated rings. The zero-order chi connectivity index (χ0) is 18.5. The highest BCUT2D eigenvalue weighted by molar-refractivity contribution is 6.31. The van der Waals surface area contributed by atoms with Crippen molar-refractivity contribution < 1.29 is 28.0 Å². The van der Waals surface area contributed by atoms with Crippen molar-refractivity contribution in [3.63, 3.8) is 0 Å². The number of hydrogen-bond donors (Lipinski definition) is 2. The van der Waals surface area contributed by atoms with E-state index >= 15 is 0 Å². The maximum atomic E-state index is 11.9. The molecule has 2 N–H and O–H groups in total. The molecule has 26 heavy (non-hydrogen) atoms. The van der Waals surface area contributed by atoms with Gasteiger partial charge in [-0.05, 0) is 36.4 Å². The maximum absolute atomic E-state index is 11.9. The molecule has 9 heteroatoms. The lowest BCUT2D eigenvalue weighted by molar-refractivity contribution is -0.123. The van der Waals surface area contributed by atoms with Gasteiger partial charge < -0.3 is 18.9 Å². The Labute approximate surface area is 152 Å². The molecule has 134 valence electrons. The van der Waals surface area contributed by atoms with Crippen molar-refractivity contribution in [1.29, 1.82) is 0 Å². The molecule has 0 saturated heterocycles. The van der Waals surface area contributed by atoms with Gasteiger partial charge in [0.25, 0.3) is 5.91 Å². The van der Waals surface area contributed by atoms with Crippen LogP contribution in [-0.4, -0.2) is 24.5 Å². The summed E-state index contributed by atoms with van der Waals surface area (Å²) in [6.07, 6.45) is 1.46. The first-order valence-corrected chi connectivity index (χ1v) is 7.85. The number of carbonyl (C=O) groups is 3. The molecule has 0 aliphatic heterocycles. The third-order valence-corrected chi connectivity index (χ3v) is 3.51. The summed E-state index contributed by atoms with van der Waals surface area (Å²) in [5, 5.41) is 5.58. The number of furan rings is 2. The summed E-state index contributed by atoms with van der Waals surface area (Å²) in [7, 11) is 0. The number of hydrogen-bond acceptors (Lipinski definition) is 6. The second kappa shape index (κ2) is 7.75. The maximum Gasteiger partial charge on any atom is 0.374 e. The van der Waals surface area contributed by atoms with Gasteiger partial charge in [-0.3, -0.25) is 10.1 Å². The fourth-order valence-corrected chi connectivity index (χ4v) is 2.29. The Kier molecular flexibility index (Phi) is 5.23. The number of rotatable bonds is 5. The predicted molar refractivity (Wildman–Crippen MR) is 90.6 cm³/mol. The van der Waals surface area contributed by atoms with E-state index in [-0.39, 0.29) is 12.3 Å². The van der Waals surface area contributed by atoms with Crippen LogP contribution in [0.2, 0.25) is 5.02 Å². The summed E-state index contributed by atoms with van der Waals surface area (Å²) in [4.78, 5) is 35.1. The normalized spacial score (nSPS) is 10.5. The van der Waals surface area contributed by atoms with Gasteiger partial charge in [-0.2, -0.15) is 0 Å². The van der Waals surface area contributed by atoms with Crippen molar-refractivity contribution in [2.75, 3.05) is 6.61 Å². The van der Waals surface area contributed by atoms with E-state index in [2.05, 4.69) is 5.32 Å². The Balaban J connectivity index is 1.47. The van der Waals surface area contributed by atoms with E-state index in [9.17, 15) is 14.4 Å². The molecule has 0 bridgehead atoms. The SMILES string of the molecule is O=C(COC(=O)c1cc2cc(Cl)ccc2o1)NC(=O)NCc1ccco1. The number of imide groups is 1. The minimum atomic E-state index is -0.830. The van der Waals surface area contributed by atoms with Crippen LogP contribution in [-0.2, 0) is 16.1 Å². The van der Waals surface area contributed by atoms with Crippen molar-refractivity contribution in [3.05, 3.63) is 59.2 Å². The highest BCUT2D eigenvalue weighted by Crippen LogP contribution is 2.23. The van der Waals surface area contributed by atoms with Gasteiger partial charge in [-0.15, -0.1) is 0 Å². The summed E-state index contributed by atoms with van der Waals surface area (Å²) in [6, 6.07) is 8.93. The van der Waals surface area contributed by atoms with Gasteiger partial charge in [0, 0.05) is 10.4 Å². The summed E-state index contributed by atoms with van der Waals surface area (Å²) < 4.78 is 15.2. The average Bonchev–Trinajstić information content (AvgIpc) is 3.26. The minimum Gasteiger partial charge on any atom is -0.467 e. The molecular formula is C17H13ClN2O6. The van der Waals surface area contributed by atoms with E-state index < -0.39 is 24.5 Å². The number of ether oxygens (including phenoxy) is 1. The van der Waals surface area contributed by atoms with Gasteiger partial charge in [0.15, 0.2) is 6.61 Å². The van der Waals surface area contributed by atoms with Crippen LogP contribution in [0.1, 0.15) is 16.3 Å². The van der Waals surface area contributed by atoms with Crippen molar-refractivity contribution >= 4 is 40.5 Å². The molecule has 2 heterocycles. The predicted octanol–water partition coefficient (Wildman–Crippen LogP) is 2.86. The fraction of sp³-hybridized carbons (Fsp3) is 0.118. The number of urea groups is 1. The van der Waals surface area contributed by atoms with Crippen LogP contribution in [0.4, 0.5) is 4.79 Å². The zero-order valence-corrected chi connectivity index (χ0v) is 14.0. The van der Waals surface area contributed by atoms with Gasteiger partial charge in [0.1, 0.15) is 11.3 Å². The summed E-state index contributed by atoms with van der Waals surface area (Å²) >= 11 is 5.86. The second-order valence-electron chi connectivity index (χ2n) is 5.18. The molecule has 2 aromatic heterocycles. The number of halogens is 1. The van der Waals surface area contributed by atoms with Crippen LogP contribution in [0.3, 0.4) is 0 Å². The zero-order valence-electron chi connectivity index (χ0n) is 13.3. The first kappa shape index (κ1) is 17.6. The Morgan fingerprint density at radius 3 is 2.77 bits per heavy atom. The van der Waals surface area contributed by atoms with Gasteiger partial charge in [-0.1, -0.05) is 11.6 Å². The fourth-order valence-electron chi connectivity index (χ4n) is 2.10. The summed E-state index contributed by atoms with van der Waals surface area (Å²) in [5.74, 6) is -1.15. The number of carbonyl (C=O) groups excluding carboxylic acids is 3. The third kappa shape index (κ3) is 4.42. The van der Waals surface area contributed by atoms with E-state index in [1.165, 1.54) is 12.3 Å². The lowest BCUT2D eigenvalue weighted by Gasteiger charge is -2.05. The Hall–Kier alpha value is -3.26. The van der Waals surface area contributed by atoms with E-state index in [0.717, 1.165) is 0 Å². The van der Waals surface area contributed by atoms with Crippen LogP contribution >= 0.6 is 11.6 Å². The standard InChI is InChI=1S/C17H13ClN2O6/c18-11-3-4-13-10(6-11)7-14(26-13)16(22)25-9-15(21)20-17(23)19-8-12-2-1-5-24-12/h1-7H,8-9H2,(H2,19,20,21,23). The number of fused-ring (bicyclic) bond motifs is 1. The smallest absolute Gasteiger partial charge is 0.374 e. The molecule has 8 nitrogen and oxygen atoms in total. The van der Waals surface area contributed by atoms with E-state index in [1.54, 1.807) is 30.3 Å². The highest BCUT2D eigenvalue weighted by atomic mass is 35.5. The molecule has 3 aromatic rings. The topological polar surface area (TPSA) is 111 Å². The largest absolute Gasteiger partial charge is 0.467 e. The van der Waals surface area contributed by atoms with Gasteiger partial charge in [0.05, 0.1) is 12.8 Å². The molecule has 0 atom stereocenters. The molecule has 1 aromatic carbocycles. The van der Waals surface area contributed by atoms with Crippen molar-refractivity contribution in [2.24, 2.45) is 0 Å². The monoisotopic (exact) mass is 376 g/mol. The Morgan fingerprint density at radius 2 is 2.00 bits per heavy atom. The lowest BCUT2D eigenvalue weighted by atomic mass is 10.2. The van der Waals surface area contributed by atoms with E-state index in [1.807, 2.05) is 5.32 Å². The lowest BCUT2D eigenvalue weighted by Crippen LogP contribution is -2.41. The Bertz CT molecular complexity index is 947. The number of nitrogens with one attached hydrogen (secondary N) is 2. The molecule has 0 spiro atoms. The highest BCUT2D eigenvalue weighted by Gasteiger charge is 2.16. The van der Waals surface area contributed by atoms with Crippen molar-refractivity contribution in [1.82, 2.24) is 10.6 Å². The average molecular weight is 377 g/mol. The molecule has 3 amide bonds. The van der Waals surface area contributed by atoms with Crippen LogP contribution in [0.15, 0.2) is 51.5 Å². The van der Waals surface area contributed by atoms with E-state index in [4.69, 9.17) is 25.2 Å². The molecule has 3 rings (SSSR count). The van der Waals surface area contributed by atoms with Crippen LogP contribution in [0.5, 0.6) is 0 Å². The number of esters is 1. The van der Waals surface area contributed by atoms with Crippen LogP contribution in [0, 0.1) is 0 Å². The first-order valence-electron chi connectivity index (χ1n) is 7.47. The third-order valence-electron chi connectivity index (χ3n) is 3.27. The minimum absolute atomic E-state index is 0.0719. The second-order valence-corrected chi connectivity index (χ2v) is 5.62. The number of benzene rings is 1. The van der Waals surface area contributed by atoms with Crippen molar-refractivity contribution in [3.8, 4) is 0 Å². The first-order chi connectivity index (χ1) is 12.5. The van der Waals surface area contributed by atoms with E-state index in [0.29, 0.717) is 21.8 Å².